The lowest BCUT2D eigenvalue weighted by atomic mass is 9.99. The average molecular weight is 614 g/mol. The highest BCUT2D eigenvalue weighted by atomic mass is 32.2. The van der Waals surface area contributed by atoms with Gasteiger partial charge < -0.3 is 10.1 Å². The van der Waals surface area contributed by atoms with Crippen molar-refractivity contribution in [2.75, 3.05) is 31.3 Å². The molecule has 0 amide bonds. The van der Waals surface area contributed by atoms with Crippen LogP contribution in [0.25, 0.3) is 39.1 Å². The van der Waals surface area contributed by atoms with E-state index >= 15 is 8.78 Å². The molecule has 1 fully saturated rings. The third kappa shape index (κ3) is 6.41. The molecular weight excluding hydrogens is 577 g/mol. The Balaban J connectivity index is 1.64. The number of aromatic nitrogens is 3. The average Bonchev–Trinajstić information content (AvgIpc) is 3.27. The number of halogens is 2. The highest BCUT2D eigenvalue weighted by molar-refractivity contribution is 7.88. The van der Waals surface area contributed by atoms with Crippen molar-refractivity contribution < 1.29 is 21.9 Å². The predicted molar refractivity (Wildman–Crippen MR) is 168 cm³/mol. The molecule has 0 atom stereocenters. The molecule has 0 bridgehead atoms. The minimum atomic E-state index is -3.27. The van der Waals surface area contributed by atoms with Crippen molar-refractivity contribution in [2.45, 2.75) is 51.3 Å². The highest BCUT2D eigenvalue weighted by Gasteiger charge is 2.28. The lowest BCUT2D eigenvalue weighted by Gasteiger charge is -2.31. The summed E-state index contributed by atoms with van der Waals surface area (Å²) < 4.78 is 63.7. The van der Waals surface area contributed by atoms with Crippen molar-refractivity contribution in [3.05, 3.63) is 60.2 Å². The van der Waals surface area contributed by atoms with Crippen LogP contribution in [0.2, 0.25) is 25.7 Å². The minimum absolute atomic E-state index is 0.0575. The van der Waals surface area contributed by atoms with E-state index in [2.05, 4.69) is 31.5 Å². The summed E-state index contributed by atoms with van der Waals surface area (Å²) >= 11 is 0. The molecule has 0 saturated carbocycles. The fraction of sp³-hybridized carbons (Fsp3) is 0.400. The van der Waals surface area contributed by atoms with Crippen LogP contribution in [0.4, 0.5) is 14.6 Å². The maximum absolute atomic E-state index is 15.2. The van der Waals surface area contributed by atoms with E-state index in [1.807, 2.05) is 18.2 Å². The van der Waals surface area contributed by atoms with Crippen molar-refractivity contribution >= 4 is 51.8 Å². The first-order valence-electron chi connectivity index (χ1n) is 14.1. The van der Waals surface area contributed by atoms with Gasteiger partial charge in [-0.05, 0) is 42.6 Å². The SMILES string of the molecule is C=Cc1ccc2c(c1)c(-c1c(F)cccc1F)nc1c(NC3CCN(S(C)(=O)=O)CC3)n(COCC[Si](C)(C)C)nc12. The van der Waals surface area contributed by atoms with Gasteiger partial charge in [0.1, 0.15) is 29.4 Å². The van der Waals surface area contributed by atoms with E-state index in [-0.39, 0.29) is 24.0 Å². The Bertz CT molecular complexity index is 1730. The number of anilines is 1. The summed E-state index contributed by atoms with van der Waals surface area (Å²) in [6.45, 7) is 12.2. The van der Waals surface area contributed by atoms with Crippen LogP contribution >= 0.6 is 0 Å². The zero-order chi connectivity index (χ0) is 30.2. The van der Waals surface area contributed by atoms with E-state index in [1.54, 1.807) is 10.8 Å². The Labute approximate surface area is 246 Å². The molecule has 42 heavy (non-hydrogen) atoms. The lowest BCUT2D eigenvalue weighted by Crippen LogP contribution is -2.42. The summed E-state index contributed by atoms with van der Waals surface area (Å²) in [5, 5.41) is 9.68. The van der Waals surface area contributed by atoms with Crippen LogP contribution in [0, 0.1) is 11.6 Å². The number of pyridine rings is 1. The summed E-state index contributed by atoms with van der Waals surface area (Å²) in [6, 6.07) is 10.3. The quantitative estimate of drug-likeness (QED) is 0.166. The van der Waals surface area contributed by atoms with Gasteiger partial charge in [-0.1, -0.05) is 50.5 Å². The Morgan fingerprint density at radius 3 is 2.40 bits per heavy atom. The van der Waals surface area contributed by atoms with E-state index < -0.39 is 29.7 Å². The second-order valence-corrected chi connectivity index (χ2v) is 19.6. The predicted octanol–water partition coefficient (Wildman–Crippen LogP) is 6.32. The molecule has 224 valence electrons. The number of nitrogens with zero attached hydrogens (tertiary/aromatic N) is 4. The van der Waals surface area contributed by atoms with Gasteiger partial charge in [-0.15, -0.1) is 0 Å². The van der Waals surface area contributed by atoms with Crippen LogP contribution < -0.4 is 5.32 Å². The highest BCUT2D eigenvalue weighted by Crippen LogP contribution is 2.38. The van der Waals surface area contributed by atoms with Crippen LogP contribution in [0.3, 0.4) is 0 Å². The summed E-state index contributed by atoms with van der Waals surface area (Å²) in [6.07, 6.45) is 4.06. The van der Waals surface area contributed by atoms with Gasteiger partial charge in [0, 0.05) is 44.6 Å². The van der Waals surface area contributed by atoms with Crippen molar-refractivity contribution in [2.24, 2.45) is 0 Å². The van der Waals surface area contributed by atoms with Crippen molar-refractivity contribution in [1.29, 1.82) is 0 Å². The first-order valence-corrected chi connectivity index (χ1v) is 19.6. The molecule has 5 rings (SSSR count). The lowest BCUT2D eigenvalue weighted by molar-refractivity contribution is 0.0803. The molecule has 2 aromatic heterocycles. The van der Waals surface area contributed by atoms with Crippen LogP contribution in [0.15, 0.2) is 43.0 Å². The van der Waals surface area contributed by atoms with Crippen molar-refractivity contribution in [3.63, 3.8) is 0 Å². The van der Waals surface area contributed by atoms with E-state index in [9.17, 15) is 8.42 Å². The van der Waals surface area contributed by atoms with Gasteiger partial charge in [0.25, 0.3) is 0 Å². The van der Waals surface area contributed by atoms with Crippen LogP contribution in [0.5, 0.6) is 0 Å². The third-order valence-corrected chi connectivity index (χ3v) is 10.6. The van der Waals surface area contributed by atoms with Crippen molar-refractivity contribution in [1.82, 2.24) is 19.1 Å². The van der Waals surface area contributed by atoms with Crippen molar-refractivity contribution in [3.8, 4) is 11.3 Å². The van der Waals surface area contributed by atoms with Crippen LogP contribution in [0.1, 0.15) is 18.4 Å². The molecule has 1 aliphatic rings. The molecule has 4 aromatic rings. The van der Waals surface area contributed by atoms with Gasteiger partial charge in [0.15, 0.2) is 5.82 Å². The first kappa shape index (κ1) is 30.3. The van der Waals surface area contributed by atoms with E-state index in [0.717, 1.165) is 11.6 Å². The van der Waals surface area contributed by atoms with Gasteiger partial charge in [0.2, 0.25) is 10.0 Å². The Morgan fingerprint density at radius 2 is 1.79 bits per heavy atom. The Hall–Kier alpha value is -3.19. The standard InChI is InChI=1S/C30H37F2N5O3SSi/c1-6-20-10-11-22-23(18-20)27(26-24(31)8-7-9-25(26)32)34-29-28(22)35-37(19-40-16-17-42(3,4)5)30(29)33-21-12-14-36(15-13-21)41(2,38)39/h6-11,18,21,33H,1,12-17,19H2,2-5H3. The van der Waals surface area contributed by atoms with Crippen LogP contribution in [-0.2, 0) is 21.5 Å². The maximum atomic E-state index is 15.2. The summed E-state index contributed by atoms with van der Waals surface area (Å²) in [5.74, 6) is -0.850. The monoisotopic (exact) mass is 613 g/mol. The summed E-state index contributed by atoms with van der Waals surface area (Å²) in [4.78, 5) is 4.86. The van der Waals surface area contributed by atoms with E-state index in [4.69, 9.17) is 14.8 Å². The normalized spacial score (nSPS) is 15.5. The largest absolute Gasteiger partial charge is 0.366 e. The zero-order valence-corrected chi connectivity index (χ0v) is 26.3. The molecule has 2 aromatic carbocycles. The molecule has 3 heterocycles. The molecular formula is C30H37F2N5O3SSi. The molecule has 1 N–H and O–H groups in total. The van der Waals surface area contributed by atoms with Crippen LogP contribution in [-0.4, -0.2) is 67.6 Å². The van der Waals surface area contributed by atoms with Gasteiger partial charge in [-0.2, -0.15) is 5.10 Å². The molecule has 12 heteroatoms. The molecule has 8 nitrogen and oxygen atoms in total. The number of benzene rings is 2. The summed E-state index contributed by atoms with van der Waals surface area (Å²) in [5.41, 5.74) is 1.78. The zero-order valence-electron chi connectivity index (χ0n) is 24.5. The van der Waals surface area contributed by atoms with E-state index in [1.165, 1.54) is 28.8 Å². The maximum Gasteiger partial charge on any atom is 0.211 e. The summed E-state index contributed by atoms with van der Waals surface area (Å²) in [7, 11) is -4.59. The second kappa shape index (κ2) is 11.8. The molecule has 0 aliphatic carbocycles. The van der Waals surface area contributed by atoms with Gasteiger partial charge >= 0.3 is 0 Å². The topological polar surface area (TPSA) is 89.4 Å². The smallest absolute Gasteiger partial charge is 0.211 e. The fourth-order valence-electron chi connectivity index (χ4n) is 5.21. The number of sulfonamides is 1. The Kier molecular flexibility index (Phi) is 8.52. The second-order valence-electron chi connectivity index (χ2n) is 12.0. The molecule has 1 saturated heterocycles. The number of rotatable bonds is 10. The van der Waals surface area contributed by atoms with Gasteiger partial charge in [-0.3, -0.25) is 0 Å². The fourth-order valence-corrected chi connectivity index (χ4v) is 6.84. The minimum Gasteiger partial charge on any atom is -0.366 e. The number of ether oxygens (including phenoxy) is 1. The molecule has 0 radical (unpaired) electrons. The van der Waals surface area contributed by atoms with E-state index in [0.29, 0.717) is 60.2 Å². The number of hydrogen-bond donors (Lipinski definition) is 1. The number of fused-ring (bicyclic) bond motifs is 3. The van der Waals surface area contributed by atoms with Gasteiger partial charge in [0.05, 0.1) is 17.5 Å². The van der Waals surface area contributed by atoms with Gasteiger partial charge in [-0.25, -0.2) is 31.2 Å². The first-order chi connectivity index (χ1) is 19.9. The number of nitrogens with one attached hydrogen (secondary N) is 1. The number of hydrogen-bond acceptors (Lipinski definition) is 6. The Morgan fingerprint density at radius 1 is 1.10 bits per heavy atom. The number of piperidine rings is 1. The molecule has 0 spiro atoms. The molecule has 0 unspecified atom stereocenters. The third-order valence-electron chi connectivity index (χ3n) is 7.61. The molecule has 1 aliphatic heterocycles.